The van der Waals surface area contributed by atoms with Crippen LogP contribution in [0.5, 0.6) is 0 Å². The molecular weight excluding hydrogens is 292 g/mol. The summed E-state index contributed by atoms with van der Waals surface area (Å²) in [6.45, 7) is 5.03. The quantitative estimate of drug-likeness (QED) is 0.941. The first kappa shape index (κ1) is 15.6. The van der Waals surface area contributed by atoms with Gasteiger partial charge in [-0.3, -0.25) is 4.68 Å². The molecule has 0 saturated carbocycles. The summed E-state index contributed by atoms with van der Waals surface area (Å²) in [7, 11) is 1.83. The van der Waals surface area contributed by atoms with Crippen LogP contribution in [0.15, 0.2) is 28.9 Å². The van der Waals surface area contributed by atoms with Crippen LogP contribution in [0.3, 0.4) is 0 Å². The van der Waals surface area contributed by atoms with Crippen molar-refractivity contribution >= 4 is 11.7 Å². The molecule has 6 heteroatoms. The first-order valence-electron chi connectivity index (χ1n) is 8.21. The molecule has 2 amide bonds. The molecule has 0 aromatic carbocycles. The van der Waals surface area contributed by atoms with Crippen molar-refractivity contribution in [2.75, 3.05) is 11.9 Å². The Balaban J connectivity index is 1.78. The fourth-order valence-corrected chi connectivity index (χ4v) is 3.10. The second-order valence-corrected chi connectivity index (χ2v) is 6.33. The lowest BCUT2D eigenvalue weighted by Crippen LogP contribution is -2.42. The van der Waals surface area contributed by atoms with E-state index in [1.165, 1.54) is 0 Å². The molecule has 23 heavy (non-hydrogen) atoms. The van der Waals surface area contributed by atoms with Crippen molar-refractivity contribution in [3.63, 3.8) is 0 Å². The van der Waals surface area contributed by atoms with E-state index in [-0.39, 0.29) is 12.1 Å². The van der Waals surface area contributed by atoms with Crippen LogP contribution in [0.1, 0.15) is 44.3 Å². The molecule has 1 aliphatic heterocycles. The molecule has 0 aliphatic carbocycles. The molecule has 0 spiro atoms. The summed E-state index contributed by atoms with van der Waals surface area (Å²) >= 11 is 0. The molecule has 1 aliphatic rings. The number of carbonyl (C=O) groups is 1. The average Bonchev–Trinajstić information content (AvgIpc) is 3.16. The van der Waals surface area contributed by atoms with Gasteiger partial charge in [-0.1, -0.05) is 13.8 Å². The Kier molecular flexibility index (Phi) is 4.41. The maximum Gasteiger partial charge on any atom is 0.322 e. The number of furan rings is 1. The molecule has 0 radical (unpaired) electrons. The van der Waals surface area contributed by atoms with E-state index in [4.69, 9.17) is 4.42 Å². The molecule has 124 valence electrons. The number of nitrogens with zero attached hydrogens (tertiary/aromatic N) is 3. The van der Waals surface area contributed by atoms with Crippen molar-refractivity contribution in [2.45, 2.75) is 39.2 Å². The average molecular weight is 316 g/mol. The lowest BCUT2D eigenvalue weighted by atomic mass is 9.91. The summed E-state index contributed by atoms with van der Waals surface area (Å²) in [4.78, 5) is 14.6. The van der Waals surface area contributed by atoms with Gasteiger partial charge in [-0.25, -0.2) is 4.79 Å². The Morgan fingerprint density at radius 3 is 2.96 bits per heavy atom. The maximum atomic E-state index is 12.7. The number of hydrogen-bond acceptors (Lipinski definition) is 3. The highest BCUT2D eigenvalue weighted by atomic mass is 16.3. The molecule has 3 rings (SSSR count). The minimum atomic E-state index is -0.0932. The van der Waals surface area contributed by atoms with E-state index >= 15 is 0 Å². The zero-order valence-corrected chi connectivity index (χ0v) is 14.0. The molecule has 3 heterocycles. The van der Waals surface area contributed by atoms with Gasteiger partial charge in [-0.05, 0) is 30.9 Å². The summed E-state index contributed by atoms with van der Waals surface area (Å²) in [5, 5.41) is 7.01. The molecule has 1 saturated heterocycles. The van der Waals surface area contributed by atoms with Crippen molar-refractivity contribution in [3.8, 4) is 0 Å². The summed E-state index contributed by atoms with van der Waals surface area (Å²) in [5.41, 5.74) is 0.712. The lowest BCUT2D eigenvalue weighted by molar-refractivity contribution is 0.128. The Morgan fingerprint density at radius 2 is 2.30 bits per heavy atom. The highest BCUT2D eigenvalue weighted by Gasteiger charge is 2.33. The SMILES string of the molecule is CCc1ccc([C@H]2C[C@H](C)CCN2C(=O)Nc2cnn(C)c2)o1. The Hall–Kier alpha value is -2.24. The number of aromatic nitrogens is 2. The van der Waals surface area contributed by atoms with Crippen LogP contribution in [0, 0.1) is 5.92 Å². The standard InChI is InChI=1S/C17H24N4O2/c1-4-14-5-6-16(23-14)15-9-12(2)7-8-21(15)17(22)19-13-10-18-20(3)11-13/h5-6,10-12,15H,4,7-9H2,1-3H3,(H,19,22)/t12-,15-/m1/s1. The molecule has 2 atom stereocenters. The Labute approximate surface area is 136 Å². The van der Waals surface area contributed by atoms with E-state index in [9.17, 15) is 4.79 Å². The van der Waals surface area contributed by atoms with Gasteiger partial charge in [0, 0.05) is 26.2 Å². The van der Waals surface area contributed by atoms with E-state index in [1.807, 2.05) is 24.1 Å². The number of carbonyl (C=O) groups excluding carboxylic acids is 1. The van der Waals surface area contributed by atoms with Gasteiger partial charge in [-0.2, -0.15) is 5.10 Å². The van der Waals surface area contributed by atoms with Gasteiger partial charge in [0.1, 0.15) is 11.5 Å². The van der Waals surface area contributed by atoms with Crippen molar-refractivity contribution in [1.82, 2.24) is 14.7 Å². The van der Waals surface area contributed by atoms with Gasteiger partial charge >= 0.3 is 6.03 Å². The Bertz CT molecular complexity index is 676. The van der Waals surface area contributed by atoms with Crippen LogP contribution >= 0.6 is 0 Å². The zero-order valence-electron chi connectivity index (χ0n) is 14.0. The fraction of sp³-hybridized carbons (Fsp3) is 0.529. The van der Waals surface area contributed by atoms with Gasteiger partial charge in [0.15, 0.2) is 0 Å². The number of piperidine rings is 1. The van der Waals surface area contributed by atoms with Crippen molar-refractivity contribution in [2.24, 2.45) is 13.0 Å². The first-order chi connectivity index (χ1) is 11.1. The monoisotopic (exact) mass is 316 g/mol. The third kappa shape index (κ3) is 3.41. The zero-order chi connectivity index (χ0) is 16.4. The van der Waals surface area contributed by atoms with Crippen LogP contribution in [-0.4, -0.2) is 27.3 Å². The second-order valence-electron chi connectivity index (χ2n) is 6.33. The number of urea groups is 1. The van der Waals surface area contributed by atoms with Crippen LogP contribution in [0.25, 0.3) is 0 Å². The molecule has 2 aromatic heterocycles. The molecule has 0 unspecified atom stereocenters. The van der Waals surface area contributed by atoms with Crippen molar-refractivity contribution in [3.05, 3.63) is 36.0 Å². The topological polar surface area (TPSA) is 63.3 Å². The number of hydrogen-bond donors (Lipinski definition) is 1. The summed E-state index contributed by atoms with van der Waals surface area (Å²) < 4.78 is 7.59. The van der Waals surface area contributed by atoms with Crippen molar-refractivity contribution < 1.29 is 9.21 Å². The first-order valence-corrected chi connectivity index (χ1v) is 8.21. The molecular formula is C17H24N4O2. The Morgan fingerprint density at radius 1 is 1.48 bits per heavy atom. The van der Waals surface area contributed by atoms with Gasteiger partial charge < -0.3 is 14.6 Å². The van der Waals surface area contributed by atoms with Gasteiger partial charge in [-0.15, -0.1) is 0 Å². The smallest absolute Gasteiger partial charge is 0.322 e. The van der Waals surface area contributed by atoms with Crippen LogP contribution in [0.2, 0.25) is 0 Å². The summed E-state index contributed by atoms with van der Waals surface area (Å²) in [6.07, 6.45) is 6.25. The molecule has 1 fully saturated rings. The van der Waals surface area contributed by atoms with Crippen LogP contribution in [0.4, 0.5) is 10.5 Å². The second kappa shape index (κ2) is 6.48. The lowest BCUT2D eigenvalue weighted by Gasteiger charge is -2.37. The minimum Gasteiger partial charge on any atom is -0.464 e. The number of nitrogens with one attached hydrogen (secondary N) is 1. The number of likely N-dealkylation sites (tertiary alicyclic amines) is 1. The largest absolute Gasteiger partial charge is 0.464 e. The van der Waals surface area contributed by atoms with Crippen molar-refractivity contribution in [1.29, 1.82) is 0 Å². The van der Waals surface area contributed by atoms with E-state index in [0.717, 1.165) is 37.3 Å². The molecule has 0 bridgehead atoms. The predicted molar refractivity (Wildman–Crippen MR) is 88.2 cm³/mol. The third-order valence-electron chi connectivity index (χ3n) is 4.44. The maximum absolute atomic E-state index is 12.7. The number of amides is 2. The predicted octanol–water partition coefficient (Wildman–Crippen LogP) is 3.58. The van der Waals surface area contributed by atoms with Crippen LogP contribution in [-0.2, 0) is 13.5 Å². The highest BCUT2D eigenvalue weighted by Crippen LogP contribution is 2.35. The normalized spacial score (nSPS) is 21.4. The van der Waals surface area contributed by atoms with E-state index in [2.05, 4.69) is 24.3 Å². The van der Waals surface area contributed by atoms with Gasteiger partial charge in [0.25, 0.3) is 0 Å². The number of aryl methyl sites for hydroxylation is 2. The van der Waals surface area contributed by atoms with Gasteiger partial charge in [0.05, 0.1) is 17.9 Å². The van der Waals surface area contributed by atoms with E-state index in [0.29, 0.717) is 11.6 Å². The minimum absolute atomic E-state index is 0.00396. The highest BCUT2D eigenvalue weighted by molar-refractivity contribution is 5.89. The molecule has 2 aromatic rings. The van der Waals surface area contributed by atoms with E-state index in [1.54, 1.807) is 17.1 Å². The molecule has 1 N–H and O–H groups in total. The number of rotatable bonds is 3. The van der Waals surface area contributed by atoms with E-state index < -0.39 is 0 Å². The summed E-state index contributed by atoms with van der Waals surface area (Å²) in [5.74, 6) is 2.43. The van der Waals surface area contributed by atoms with Crippen LogP contribution < -0.4 is 5.32 Å². The third-order valence-corrected chi connectivity index (χ3v) is 4.44. The number of anilines is 1. The summed E-state index contributed by atoms with van der Waals surface area (Å²) in [6, 6.07) is 3.91. The fourth-order valence-electron chi connectivity index (χ4n) is 3.10. The molecule has 6 nitrogen and oxygen atoms in total. The van der Waals surface area contributed by atoms with Gasteiger partial charge in [0.2, 0.25) is 0 Å².